The van der Waals surface area contributed by atoms with E-state index in [1.165, 1.54) is 0 Å². The first kappa shape index (κ1) is 17.4. The van der Waals surface area contributed by atoms with Crippen LogP contribution < -0.4 is 14.4 Å². The lowest BCUT2D eigenvalue weighted by Gasteiger charge is -2.27. The molecule has 0 saturated carbocycles. The highest BCUT2D eigenvalue weighted by Crippen LogP contribution is 2.35. The van der Waals surface area contributed by atoms with Crippen molar-refractivity contribution in [2.24, 2.45) is 0 Å². The SMILES string of the molecule is c1ccc(-n2c(SCc3ccc4c(c3)OCO4)nnc2N2CCOCC2)cc1. The number of morpholine rings is 1. The largest absolute Gasteiger partial charge is 0.454 e. The average Bonchev–Trinajstić information content (AvgIpc) is 3.40. The van der Waals surface area contributed by atoms with Crippen LogP contribution >= 0.6 is 11.8 Å². The van der Waals surface area contributed by atoms with Gasteiger partial charge in [0, 0.05) is 18.8 Å². The molecule has 0 aliphatic carbocycles. The fourth-order valence-electron chi connectivity index (χ4n) is 3.31. The first-order chi connectivity index (χ1) is 13.9. The molecule has 3 heterocycles. The number of ether oxygens (including phenoxy) is 3. The molecule has 0 amide bonds. The third-order valence-electron chi connectivity index (χ3n) is 4.73. The van der Waals surface area contributed by atoms with E-state index in [4.69, 9.17) is 14.2 Å². The van der Waals surface area contributed by atoms with Crippen molar-refractivity contribution in [2.75, 3.05) is 38.0 Å². The molecule has 0 radical (unpaired) electrons. The number of fused-ring (bicyclic) bond motifs is 1. The van der Waals surface area contributed by atoms with Gasteiger partial charge in [-0.1, -0.05) is 36.0 Å². The Morgan fingerprint density at radius 2 is 1.75 bits per heavy atom. The first-order valence-corrected chi connectivity index (χ1v) is 10.2. The van der Waals surface area contributed by atoms with E-state index in [1.54, 1.807) is 11.8 Å². The maximum atomic E-state index is 5.49. The fourth-order valence-corrected chi connectivity index (χ4v) is 4.20. The zero-order chi connectivity index (χ0) is 18.8. The van der Waals surface area contributed by atoms with E-state index in [2.05, 4.69) is 37.9 Å². The highest BCUT2D eigenvalue weighted by Gasteiger charge is 2.22. The van der Waals surface area contributed by atoms with E-state index in [-0.39, 0.29) is 6.79 Å². The van der Waals surface area contributed by atoms with Gasteiger partial charge in [0.15, 0.2) is 16.7 Å². The van der Waals surface area contributed by atoms with Crippen LogP contribution in [0.5, 0.6) is 11.5 Å². The van der Waals surface area contributed by atoms with Gasteiger partial charge in [0.05, 0.1) is 18.9 Å². The van der Waals surface area contributed by atoms with Gasteiger partial charge in [-0.3, -0.25) is 4.57 Å². The number of aromatic nitrogens is 3. The van der Waals surface area contributed by atoms with Gasteiger partial charge < -0.3 is 19.1 Å². The van der Waals surface area contributed by atoms with Crippen molar-refractivity contribution in [1.82, 2.24) is 14.8 Å². The fraction of sp³-hybridized carbons (Fsp3) is 0.300. The molecule has 1 fully saturated rings. The summed E-state index contributed by atoms with van der Waals surface area (Å²) in [4.78, 5) is 2.23. The molecule has 7 nitrogen and oxygen atoms in total. The number of para-hydroxylation sites is 1. The average molecular weight is 396 g/mol. The zero-order valence-electron chi connectivity index (χ0n) is 15.3. The van der Waals surface area contributed by atoms with Crippen molar-refractivity contribution in [1.29, 1.82) is 0 Å². The van der Waals surface area contributed by atoms with Gasteiger partial charge in [0.25, 0.3) is 0 Å². The number of rotatable bonds is 5. The molecule has 0 spiro atoms. The Hall–Kier alpha value is -2.71. The molecule has 5 rings (SSSR count). The van der Waals surface area contributed by atoms with Crippen LogP contribution in [0.1, 0.15) is 5.56 Å². The highest BCUT2D eigenvalue weighted by molar-refractivity contribution is 7.98. The van der Waals surface area contributed by atoms with Crippen LogP contribution in [-0.2, 0) is 10.5 Å². The summed E-state index contributed by atoms with van der Waals surface area (Å²) in [5, 5.41) is 9.86. The van der Waals surface area contributed by atoms with Crippen molar-refractivity contribution < 1.29 is 14.2 Å². The number of nitrogens with zero attached hydrogens (tertiary/aromatic N) is 4. The van der Waals surface area contributed by atoms with Gasteiger partial charge in [0.2, 0.25) is 12.7 Å². The summed E-state index contributed by atoms with van der Waals surface area (Å²) in [6, 6.07) is 16.3. The Morgan fingerprint density at radius 3 is 2.61 bits per heavy atom. The molecule has 0 atom stereocenters. The molecule has 2 aromatic carbocycles. The minimum Gasteiger partial charge on any atom is -0.454 e. The normalized spacial score (nSPS) is 15.8. The third-order valence-corrected chi connectivity index (χ3v) is 5.73. The van der Waals surface area contributed by atoms with E-state index in [1.807, 2.05) is 30.3 Å². The summed E-state index contributed by atoms with van der Waals surface area (Å²) in [6.45, 7) is 3.34. The minimum atomic E-state index is 0.289. The molecule has 1 aromatic heterocycles. The second-order valence-corrected chi connectivity index (χ2v) is 7.47. The topological polar surface area (TPSA) is 61.6 Å². The van der Waals surface area contributed by atoms with Gasteiger partial charge >= 0.3 is 0 Å². The van der Waals surface area contributed by atoms with Crippen molar-refractivity contribution >= 4 is 17.7 Å². The van der Waals surface area contributed by atoms with E-state index in [0.29, 0.717) is 13.2 Å². The van der Waals surface area contributed by atoms with Gasteiger partial charge in [-0.05, 0) is 29.8 Å². The Balaban J connectivity index is 1.43. The van der Waals surface area contributed by atoms with Crippen molar-refractivity contribution in [3.8, 4) is 17.2 Å². The molecule has 0 N–H and O–H groups in total. The van der Waals surface area contributed by atoms with Gasteiger partial charge in [-0.15, -0.1) is 10.2 Å². The van der Waals surface area contributed by atoms with Gasteiger partial charge in [-0.25, -0.2) is 0 Å². The lowest BCUT2D eigenvalue weighted by molar-refractivity contribution is 0.122. The van der Waals surface area contributed by atoms with Crippen LogP contribution in [0.4, 0.5) is 5.95 Å². The Kier molecular flexibility index (Phi) is 4.80. The van der Waals surface area contributed by atoms with Crippen molar-refractivity contribution in [3.05, 3.63) is 54.1 Å². The number of hydrogen-bond donors (Lipinski definition) is 0. The number of thioether (sulfide) groups is 1. The molecular weight excluding hydrogens is 376 g/mol. The summed E-state index contributed by atoms with van der Waals surface area (Å²) in [6.07, 6.45) is 0. The molecule has 2 aliphatic heterocycles. The second-order valence-electron chi connectivity index (χ2n) is 6.53. The van der Waals surface area contributed by atoms with Crippen LogP contribution in [0.3, 0.4) is 0 Å². The quantitative estimate of drug-likeness (QED) is 0.614. The summed E-state index contributed by atoms with van der Waals surface area (Å²) in [5.74, 6) is 3.24. The number of benzene rings is 2. The third kappa shape index (κ3) is 3.41. The van der Waals surface area contributed by atoms with Crippen LogP contribution in [0.15, 0.2) is 53.7 Å². The standard InChI is InChI=1S/C20H20N4O3S/c1-2-4-16(5-3-1)24-19(23-8-10-25-11-9-23)21-22-20(24)28-13-15-6-7-17-18(12-15)27-14-26-17/h1-7,12H,8-11,13-14H2. The number of anilines is 1. The molecule has 2 aliphatic rings. The van der Waals surface area contributed by atoms with E-state index >= 15 is 0 Å². The van der Waals surface area contributed by atoms with E-state index < -0.39 is 0 Å². The Bertz CT molecular complexity index is 957. The Morgan fingerprint density at radius 1 is 0.929 bits per heavy atom. The molecule has 3 aromatic rings. The smallest absolute Gasteiger partial charge is 0.232 e. The van der Waals surface area contributed by atoms with Crippen molar-refractivity contribution in [3.63, 3.8) is 0 Å². The van der Waals surface area contributed by atoms with Crippen LogP contribution in [0.25, 0.3) is 5.69 Å². The summed E-state index contributed by atoms with van der Waals surface area (Å²) < 4.78 is 18.5. The summed E-state index contributed by atoms with van der Waals surface area (Å²) in [7, 11) is 0. The maximum Gasteiger partial charge on any atom is 0.232 e. The predicted octanol–water partition coefficient (Wildman–Crippen LogP) is 3.12. The molecule has 144 valence electrons. The summed E-state index contributed by atoms with van der Waals surface area (Å²) in [5.41, 5.74) is 2.21. The van der Waals surface area contributed by atoms with Crippen LogP contribution in [-0.4, -0.2) is 47.9 Å². The maximum absolute atomic E-state index is 5.49. The second kappa shape index (κ2) is 7.73. The molecule has 0 unspecified atom stereocenters. The lowest BCUT2D eigenvalue weighted by atomic mass is 10.2. The van der Waals surface area contributed by atoms with E-state index in [9.17, 15) is 0 Å². The lowest BCUT2D eigenvalue weighted by Crippen LogP contribution is -2.37. The highest BCUT2D eigenvalue weighted by atomic mass is 32.2. The minimum absolute atomic E-state index is 0.289. The van der Waals surface area contributed by atoms with Crippen LogP contribution in [0, 0.1) is 0 Å². The molecular formula is C20H20N4O3S. The van der Waals surface area contributed by atoms with Gasteiger partial charge in [0.1, 0.15) is 0 Å². The molecule has 28 heavy (non-hydrogen) atoms. The zero-order valence-corrected chi connectivity index (χ0v) is 16.1. The molecule has 0 bridgehead atoms. The summed E-state index contributed by atoms with van der Waals surface area (Å²) >= 11 is 1.66. The first-order valence-electron chi connectivity index (χ1n) is 9.23. The Labute approximate surface area is 167 Å². The van der Waals surface area contributed by atoms with E-state index in [0.717, 1.165) is 52.7 Å². The van der Waals surface area contributed by atoms with Crippen LogP contribution in [0.2, 0.25) is 0 Å². The van der Waals surface area contributed by atoms with Crippen molar-refractivity contribution in [2.45, 2.75) is 10.9 Å². The van der Waals surface area contributed by atoms with Gasteiger partial charge in [-0.2, -0.15) is 0 Å². The predicted molar refractivity (Wildman–Crippen MR) is 107 cm³/mol. The monoisotopic (exact) mass is 396 g/mol. The molecule has 1 saturated heterocycles. The molecule has 8 heteroatoms. The number of hydrogen-bond acceptors (Lipinski definition) is 7.